The summed E-state index contributed by atoms with van der Waals surface area (Å²) in [6.45, 7) is 0.743. The molecule has 0 aliphatic heterocycles. The smallest absolute Gasteiger partial charge is 0.230 e. The molecule has 5 heteroatoms. The van der Waals surface area contributed by atoms with Gasteiger partial charge in [0.15, 0.2) is 0 Å². The third-order valence-electron chi connectivity index (χ3n) is 3.29. The summed E-state index contributed by atoms with van der Waals surface area (Å²) >= 11 is 1.58. The Bertz CT molecular complexity index is 740. The molecule has 0 unspecified atom stereocenters. The highest BCUT2D eigenvalue weighted by atomic mass is 32.1. The van der Waals surface area contributed by atoms with Crippen molar-refractivity contribution in [3.05, 3.63) is 76.6 Å². The molecule has 0 saturated carbocycles. The molecule has 3 aromatic rings. The van der Waals surface area contributed by atoms with Gasteiger partial charge in [-0.2, -0.15) is 0 Å². The van der Waals surface area contributed by atoms with E-state index in [1.165, 1.54) is 5.56 Å². The predicted octanol–water partition coefficient (Wildman–Crippen LogP) is 3.94. The summed E-state index contributed by atoms with van der Waals surface area (Å²) in [6.07, 6.45) is 2.11. The van der Waals surface area contributed by atoms with Crippen molar-refractivity contribution in [2.75, 3.05) is 10.6 Å². The molecule has 0 atom stereocenters. The van der Waals surface area contributed by atoms with Crippen molar-refractivity contribution in [3.8, 4) is 0 Å². The largest absolute Gasteiger partial charge is 0.380 e. The van der Waals surface area contributed by atoms with Crippen LogP contribution in [-0.2, 0) is 17.8 Å². The average molecular weight is 323 g/mol. The van der Waals surface area contributed by atoms with E-state index in [4.69, 9.17) is 0 Å². The van der Waals surface area contributed by atoms with Crippen LogP contribution < -0.4 is 10.6 Å². The number of nitrogens with zero attached hydrogens (tertiary/aromatic N) is 1. The molecule has 0 aliphatic rings. The van der Waals surface area contributed by atoms with Gasteiger partial charge in [-0.3, -0.25) is 4.79 Å². The molecule has 0 fully saturated rings. The third kappa shape index (κ3) is 4.66. The lowest BCUT2D eigenvalue weighted by atomic mass is 10.2. The summed E-state index contributed by atoms with van der Waals surface area (Å²) in [7, 11) is 0. The van der Waals surface area contributed by atoms with E-state index in [1.54, 1.807) is 23.6 Å². The standard InChI is InChI=1S/C18H17N3OS/c22-18(11-16-7-4-10-23-16)21-17-9-8-15(13-20-17)19-12-14-5-2-1-3-6-14/h1-10,13,19H,11-12H2,(H,20,21,22). The molecule has 2 heterocycles. The van der Waals surface area contributed by atoms with Gasteiger partial charge in [-0.1, -0.05) is 36.4 Å². The van der Waals surface area contributed by atoms with Crippen LogP contribution in [0.4, 0.5) is 11.5 Å². The monoisotopic (exact) mass is 323 g/mol. The molecule has 1 aromatic carbocycles. The molecule has 0 radical (unpaired) electrons. The van der Waals surface area contributed by atoms with E-state index in [0.717, 1.165) is 17.1 Å². The van der Waals surface area contributed by atoms with Gasteiger partial charge in [-0.05, 0) is 29.1 Å². The minimum atomic E-state index is -0.0510. The predicted molar refractivity (Wildman–Crippen MR) is 94.7 cm³/mol. The van der Waals surface area contributed by atoms with Gasteiger partial charge in [0.05, 0.1) is 18.3 Å². The average Bonchev–Trinajstić information content (AvgIpc) is 3.08. The Balaban J connectivity index is 1.51. The zero-order valence-electron chi connectivity index (χ0n) is 12.5. The zero-order chi connectivity index (χ0) is 15.9. The number of anilines is 2. The number of hydrogen-bond donors (Lipinski definition) is 2. The van der Waals surface area contributed by atoms with Gasteiger partial charge < -0.3 is 10.6 Å². The topological polar surface area (TPSA) is 54.0 Å². The van der Waals surface area contributed by atoms with E-state index in [1.807, 2.05) is 41.8 Å². The first-order valence-electron chi connectivity index (χ1n) is 7.36. The number of hydrogen-bond acceptors (Lipinski definition) is 4. The lowest BCUT2D eigenvalue weighted by molar-refractivity contribution is -0.115. The van der Waals surface area contributed by atoms with E-state index in [9.17, 15) is 4.79 Å². The molecule has 0 bridgehead atoms. The Morgan fingerprint density at radius 3 is 2.61 bits per heavy atom. The lowest BCUT2D eigenvalue weighted by Gasteiger charge is -2.08. The van der Waals surface area contributed by atoms with Gasteiger partial charge in [0, 0.05) is 11.4 Å². The maximum absolute atomic E-state index is 11.9. The second-order valence-electron chi connectivity index (χ2n) is 5.08. The lowest BCUT2D eigenvalue weighted by Crippen LogP contribution is -2.14. The third-order valence-corrected chi connectivity index (χ3v) is 4.16. The van der Waals surface area contributed by atoms with Crippen molar-refractivity contribution in [2.45, 2.75) is 13.0 Å². The summed E-state index contributed by atoms with van der Waals surface area (Å²) in [4.78, 5) is 17.2. The summed E-state index contributed by atoms with van der Waals surface area (Å²) in [5.41, 5.74) is 2.13. The number of rotatable bonds is 6. The number of carbonyl (C=O) groups excluding carboxylic acids is 1. The van der Waals surface area contributed by atoms with E-state index in [2.05, 4.69) is 27.8 Å². The maximum Gasteiger partial charge on any atom is 0.230 e. The van der Waals surface area contributed by atoms with E-state index >= 15 is 0 Å². The second kappa shape index (κ2) is 7.56. The van der Waals surface area contributed by atoms with Crippen molar-refractivity contribution in [1.29, 1.82) is 0 Å². The quantitative estimate of drug-likeness (QED) is 0.722. The number of benzene rings is 1. The van der Waals surface area contributed by atoms with Crippen molar-refractivity contribution >= 4 is 28.7 Å². The molecule has 0 aliphatic carbocycles. The molecule has 3 rings (SSSR count). The van der Waals surface area contributed by atoms with Gasteiger partial charge in [0.1, 0.15) is 5.82 Å². The molecular formula is C18H17N3OS. The molecule has 4 nitrogen and oxygen atoms in total. The molecule has 2 N–H and O–H groups in total. The highest BCUT2D eigenvalue weighted by molar-refractivity contribution is 7.10. The number of aromatic nitrogens is 1. The number of thiophene rings is 1. The summed E-state index contributed by atoms with van der Waals surface area (Å²) in [6, 6.07) is 17.8. The summed E-state index contributed by atoms with van der Waals surface area (Å²) in [5, 5.41) is 8.08. The minimum Gasteiger partial charge on any atom is -0.380 e. The second-order valence-corrected chi connectivity index (χ2v) is 6.11. The van der Waals surface area contributed by atoms with Crippen LogP contribution in [0.15, 0.2) is 66.2 Å². The summed E-state index contributed by atoms with van der Waals surface area (Å²) < 4.78 is 0. The number of nitrogens with one attached hydrogen (secondary N) is 2. The molecule has 116 valence electrons. The highest BCUT2D eigenvalue weighted by Crippen LogP contribution is 2.13. The van der Waals surface area contributed by atoms with Crippen LogP contribution in [0, 0.1) is 0 Å². The SMILES string of the molecule is O=C(Cc1cccs1)Nc1ccc(NCc2ccccc2)cn1. The van der Waals surface area contributed by atoms with Gasteiger partial charge in [-0.15, -0.1) is 11.3 Å². The zero-order valence-corrected chi connectivity index (χ0v) is 13.3. The van der Waals surface area contributed by atoms with Crippen LogP contribution in [0.1, 0.15) is 10.4 Å². The van der Waals surface area contributed by atoms with Crippen molar-refractivity contribution in [2.24, 2.45) is 0 Å². The van der Waals surface area contributed by atoms with Gasteiger partial charge in [-0.25, -0.2) is 4.98 Å². The first kappa shape index (κ1) is 15.2. The fourth-order valence-electron chi connectivity index (χ4n) is 2.13. The minimum absolute atomic E-state index is 0.0510. The Morgan fingerprint density at radius 2 is 1.91 bits per heavy atom. The molecule has 0 saturated heterocycles. The van der Waals surface area contributed by atoms with Gasteiger partial charge in [0.2, 0.25) is 5.91 Å². The number of carbonyl (C=O) groups is 1. The molecular weight excluding hydrogens is 306 g/mol. The first-order chi connectivity index (χ1) is 11.3. The van der Waals surface area contributed by atoms with E-state index in [0.29, 0.717) is 12.2 Å². The van der Waals surface area contributed by atoms with Crippen molar-refractivity contribution in [3.63, 3.8) is 0 Å². The highest BCUT2D eigenvalue weighted by Gasteiger charge is 2.05. The van der Waals surface area contributed by atoms with E-state index < -0.39 is 0 Å². The normalized spacial score (nSPS) is 10.3. The van der Waals surface area contributed by atoms with Crippen molar-refractivity contribution in [1.82, 2.24) is 4.98 Å². The fraction of sp³-hybridized carbons (Fsp3) is 0.111. The Hall–Kier alpha value is -2.66. The number of amides is 1. The van der Waals surface area contributed by atoms with Crippen LogP contribution in [0.2, 0.25) is 0 Å². The van der Waals surface area contributed by atoms with Crippen LogP contribution in [0.25, 0.3) is 0 Å². The van der Waals surface area contributed by atoms with Crippen LogP contribution in [-0.4, -0.2) is 10.9 Å². The molecule has 2 aromatic heterocycles. The molecule has 23 heavy (non-hydrogen) atoms. The van der Waals surface area contributed by atoms with Crippen molar-refractivity contribution < 1.29 is 4.79 Å². The summed E-state index contributed by atoms with van der Waals surface area (Å²) in [5.74, 6) is 0.516. The Morgan fingerprint density at radius 1 is 1.04 bits per heavy atom. The Kier molecular flexibility index (Phi) is 5.01. The fourth-order valence-corrected chi connectivity index (χ4v) is 2.83. The number of pyridine rings is 1. The maximum atomic E-state index is 11.9. The van der Waals surface area contributed by atoms with Crippen LogP contribution in [0.3, 0.4) is 0 Å². The first-order valence-corrected chi connectivity index (χ1v) is 8.24. The molecule has 0 spiro atoms. The van der Waals surface area contributed by atoms with Crippen LogP contribution in [0.5, 0.6) is 0 Å². The van der Waals surface area contributed by atoms with Gasteiger partial charge >= 0.3 is 0 Å². The van der Waals surface area contributed by atoms with E-state index in [-0.39, 0.29) is 5.91 Å². The van der Waals surface area contributed by atoms with Crippen LogP contribution >= 0.6 is 11.3 Å². The van der Waals surface area contributed by atoms with Gasteiger partial charge in [0.25, 0.3) is 0 Å². The molecule has 1 amide bonds. The Labute approximate surface area is 139 Å².